The third-order valence-corrected chi connectivity index (χ3v) is 5.46. The van der Waals surface area contributed by atoms with Crippen molar-refractivity contribution in [3.63, 3.8) is 0 Å². The monoisotopic (exact) mass is 406 g/mol. The zero-order valence-electron chi connectivity index (χ0n) is 17.2. The van der Waals surface area contributed by atoms with E-state index in [0.29, 0.717) is 5.56 Å². The SMILES string of the molecule is CCN(CC)c1ccc2c(c1)-c1ccc(Cl)cc1C2.CNC(=O)c1ccccc1. The lowest BCUT2D eigenvalue weighted by molar-refractivity contribution is 0.0963. The highest BCUT2D eigenvalue weighted by molar-refractivity contribution is 6.30. The standard InChI is InChI=1S/C17H18ClN.C8H9NO/c1-3-19(4-2)15-7-5-12-9-13-10-14(18)6-8-16(13)17(12)11-15;1-9-8(10)7-5-3-2-4-6-7/h5-8,10-11H,3-4,9H2,1-2H3;2-6H,1H3,(H,9,10). The highest BCUT2D eigenvalue weighted by Crippen LogP contribution is 2.39. The molecule has 3 aromatic carbocycles. The number of rotatable bonds is 4. The van der Waals surface area contributed by atoms with Crippen LogP contribution in [-0.4, -0.2) is 26.0 Å². The van der Waals surface area contributed by atoms with Crippen LogP contribution < -0.4 is 10.2 Å². The van der Waals surface area contributed by atoms with Crippen molar-refractivity contribution < 1.29 is 4.79 Å². The van der Waals surface area contributed by atoms with Crippen molar-refractivity contribution in [2.75, 3.05) is 25.0 Å². The van der Waals surface area contributed by atoms with Gasteiger partial charge in [-0.25, -0.2) is 0 Å². The number of nitrogens with one attached hydrogen (secondary N) is 1. The number of fused-ring (bicyclic) bond motifs is 3. The number of halogens is 1. The molecule has 0 saturated heterocycles. The molecule has 1 aliphatic carbocycles. The Balaban J connectivity index is 0.000000204. The van der Waals surface area contributed by atoms with Crippen molar-refractivity contribution in [3.8, 4) is 11.1 Å². The van der Waals surface area contributed by atoms with E-state index < -0.39 is 0 Å². The molecule has 4 heteroatoms. The Morgan fingerprint density at radius 3 is 2.31 bits per heavy atom. The number of hydrogen-bond acceptors (Lipinski definition) is 2. The number of carbonyl (C=O) groups excluding carboxylic acids is 1. The fourth-order valence-corrected chi connectivity index (χ4v) is 3.86. The molecule has 150 valence electrons. The first kappa shape index (κ1) is 20.9. The van der Waals surface area contributed by atoms with E-state index in [1.807, 2.05) is 24.3 Å². The van der Waals surface area contributed by atoms with E-state index >= 15 is 0 Å². The van der Waals surface area contributed by atoms with Crippen LogP contribution in [0.15, 0.2) is 66.7 Å². The van der Waals surface area contributed by atoms with Gasteiger partial charge < -0.3 is 10.2 Å². The van der Waals surface area contributed by atoms with Crippen LogP contribution in [0.4, 0.5) is 5.69 Å². The highest BCUT2D eigenvalue weighted by Gasteiger charge is 2.19. The zero-order chi connectivity index (χ0) is 20.8. The van der Waals surface area contributed by atoms with Gasteiger partial charge in [-0.15, -0.1) is 0 Å². The van der Waals surface area contributed by atoms with E-state index in [9.17, 15) is 4.79 Å². The maximum Gasteiger partial charge on any atom is 0.251 e. The first-order chi connectivity index (χ1) is 14.1. The van der Waals surface area contributed by atoms with E-state index in [2.05, 4.69) is 54.4 Å². The molecule has 0 heterocycles. The van der Waals surface area contributed by atoms with Crippen LogP contribution in [0.3, 0.4) is 0 Å². The maximum absolute atomic E-state index is 10.9. The fraction of sp³-hybridized carbons (Fsp3) is 0.240. The van der Waals surface area contributed by atoms with Crippen LogP contribution in [-0.2, 0) is 6.42 Å². The van der Waals surface area contributed by atoms with Gasteiger partial charge in [-0.3, -0.25) is 4.79 Å². The molecule has 1 aliphatic rings. The molecule has 1 N–H and O–H groups in total. The Morgan fingerprint density at radius 2 is 1.66 bits per heavy atom. The van der Waals surface area contributed by atoms with E-state index in [0.717, 1.165) is 24.5 Å². The summed E-state index contributed by atoms with van der Waals surface area (Å²) in [6.45, 7) is 6.49. The van der Waals surface area contributed by atoms with E-state index in [-0.39, 0.29) is 5.91 Å². The molecule has 0 bridgehead atoms. The molecule has 3 nitrogen and oxygen atoms in total. The summed E-state index contributed by atoms with van der Waals surface area (Å²) in [7, 11) is 1.62. The van der Waals surface area contributed by atoms with Gasteiger partial charge in [0, 0.05) is 36.4 Å². The minimum absolute atomic E-state index is 0.0411. The molecule has 0 spiro atoms. The molecule has 0 aromatic heterocycles. The number of benzene rings is 3. The first-order valence-corrected chi connectivity index (χ1v) is 10.4. The van der Waals surface area contributed by atoms with Crippen molar-refractivity contribution >= 4 is 23.2 Å². The second-order valence-corrected chi connectivity index (χ2v) is 7.37. The van der Waals surface area contributed by atoms with Crippen molar-refractivity contribution in [1.29, 1.82) is 0 Å². The summed E-state index contributed by atoms with van der Waals surface area (Å²) >= 11 is 6.08. The number of nitrogens with zero attached hydrogens (tertiary/aromatic N) is 1. The summed E-state index contributed by atoms with van der Waals surface area (Å²) < 4.78 is 0. The van der Waals surface area contributed by atoms with Gasteiger partial charge in [0.2, 0.25) is 0 Å². The third-order valence-electron chi connectivity index (χ3n) is 5.22. The van der Waals surface area contributed by atoms with Crippen molar-refractivity contribution in [2.24, 2.45) is 0 Å². The summed E-state index contributed by atoms with van der Waals surface area (Å²) in [5, 5.41) is 3.37. The van der Waals surface area contributed by atoms with Gasteiger partial charge in [0.05, 0.1) is 0 Å². The summed E-state index contributed by atoms with van der Waals surface area (Å²) in [5.41, 5.74) is 7.48. The number of amides is 1. The molecule has 0 radical (unpaired) electrons. The van der Waals surface area contributed by atoms with Crippen LogP contribution in [0.1, 0.15) is 35.3 Å². The summed E-state index contributed by atoms with van der Waals surface area (Å²) in [6, 6.07) is 22.2. The first-order valence-electron chi connectivity index (χ1n) is 10.0. The van der Waals surface area contributed by atoms with E-state index in [4.69, 9.17) is 11.6 Å². The zero-order valence-corrected chi connectivity index (χ0v) is 18.0. The van der Waals surface area contributed by atoms with Gasteiger partial charge >= 0.3 is 0 Å². The molecule has 0 unspecified atom stereocenters. The van der Waals surface area contributed by atoms with E-state index in [1.165, 1.54) is 27.9 Å². The van der Waals surface area contributed by atoms with Gasteiger partial charge in [-0.2, -0.15) is 0 Å². The van der Waals surface area contributed by atoms with Gasteiger partial charge in [0.25, 0.3) is 5.91 Å². The molecular formula is C25H27ClN2O. The molecule has 0 fully saturated rings. The Labute approximate surface area is 178 Å². The summed E-state index contributed by atoms with van der Waals surface area (Å²) in [5.74, 6) is -0.0411. The molecule has 0 saturated carbocycles. The highest BCUT2D eigenvalue weighted by atomic mass is 35.5. The van der Waals surface area contributed by atoms with Gasteiger partial charge in [-0.1, -0.05) is 41.9 Å². The second kappa shape index (κ2) is 9.62. The van der Waals surface area contributed by atoms with Crippen LogP contribution >= 0.6 is 11.6 Å². The second-order valence-electron chi connectivity index (χ2n) is 6.94. The normalized spacial score (nSPS) is 11.0. The predicted molar refractivity (Wildman–Crippen MR) is 123 cm³/mol. The average molecular weight is 407 g/mol. The third kappa shape index (κ3) is 4.80. The number of anilines is 1. The van der Waals surface area contributed by atoms with Crippen LogP contribution in [0.5, 0.6) is 0 Å². The van der Waals surface area contributed by atoms with Gasteiger partial charge in [0.1, 0.15) is 0 Å². The average Bonchev–Trinajstić information content (AvgIpc) is 3.12. The fourth-order valence-electron chi connectivity index (χ4n) is 3.67. The van der Waals surface area contributed by atoms with Crippen molar-refractivity contribution in [2.45, 2.75) is 20.3 Å². The molecule has 4 rings (SSSR count). The number of carbonyl (C=O) groups is 1. The maximum atomic E-state index is 10.9. The van der Waals surface area contributed by atoms with E-state index in [1.54, 1.807) is 19.2 Å². The van der Waals surface area contributed by atoms with Gasteiger partial charge in [-0.05, 0) is 78.9 Å². The Bertz CT molecular complexity index is 981. The molecule has 3 aromatic rings. The lowest BCUT2D eigenvalue weighted by Gasteiger charge is -2.21. The largest absolute Gasteiger partial charge is 0.372 e. The molecule has 29 heavy (non-hydrogen) atoms. The minimum Gasteiger partial charge on any atom is -0.372 e. The summed E-state index contributed by atoms with van der Waals surface area (Å²) in [4.78, 5) is 13.3. The quantitative estimate of drug-likeness (QED) is 0.464. The Hall–Kier alpha value is -2.78. The molecule has 1 amide bonds. The summed E-state index contributed by atoms with van der Waals surface area (Å²) in [6.07, 6.45) is 1.00. The Kier molecular flexibility index (Phi) is 6.95. The van der Waals surface area contributed by atoms with Crippen LogP contribution in [0, 0.1) is 0 Å². The van der Waals surface area contributed by atoms with Crippen LogP contribution in [0.25, 0.3) is 11.1 Å². The minimum atomic E-state index is -0.0411. The number of hydrogen-bond donors (Lipinski definition) is 1. The topological polar surface area (TPSA) is 32.3 Å². The molecule has 0 aliphatic heterocycles. The van der Waals surface area contributed by atoms with Crippen LogP contribution in [0.2, 0.25) is 5.02 Å². The van der Waals surface area contributed by atoms with Gasteiger partial charge in [0.15, 0.2) is 0 Å². The lowest BCUT2D eigenvalue weighted by atomic mass is 10.0. The van der Waals surface area contributed by atoms with Crippen molar-refractivity contribution in [1.82, 2.24) is 5.32 Å². The van der Waals surface area contributed by atoms with Crippen molar-refractivity contribution in [3.05, 3.63) is 88.4 Å². The lowest BCUT2D eigenvalue weighted by Crippen LogP contribution is -2.21. The predicted octanol–water partition coefficient (Wildman–Crippen LogP) is 5.80. The molecular weight excluding hydrogens is 380 g/mol. The Morgan fingerprint density at radius 1 is 0.931 bits per heavy atom. The smallest absolute Gasteiger partial charge is 0.251 e. The molecule has 0 atom stereocenters.